The van der Waals surface area contributed by atoms with Gasteiger partial charge < -0.3 is 19.9 Å². The molecule has 2 N–H and O–H groups in total. The monoisotopic (exact) mass is 416 g/mol. The summed E-state index contributed by atoms with van der Waals surface area (Å²) < 4.78 is 9.96. The molecule has 152 valence electrons. The normalized spacial score (nSPS) is 12.3. The van der Waals surface area contributed by atoms with Gasteiger partial charge in [-0.1, -0.05) is 17.3 Å². The van der Waals surface area contributed by atoms with Crippen molar-refractivity contribution in [1.29, 1.82) is 5.26 Å². The van der Waals surface area contributed by atoms with Crippen LogP contribution in [0.2, 0.25) is 0 Å². The van der Waals surface area contributed by atoms with Crippen LogP contribution in [-0.4, -0.2) is 40.0 Å². The zero-order valence-electron chi connectivity index (χ0n) is 16.1. The molecule has 29 heavy (non-hydrogen) atoms. The van der Waals surface area contributed by atoms with Crippen LogP contribution in [0.1, 0.15) is 25.2 Å². The van der Waals surface area contributed by atoms with Crippen molar-refractivity contribution < 1.29 is 23.6 Å². The first-order valence-corrected chi connectivity index (χ1v) is 9.70. The highest BCUT2D eigenvalue weighted by Gasteiger charge is 2.21. The van der Waals surface area contributed by atoms with Gasteiger partial charge in [0, 0.05) is 6.07 Å². The maximum absolute atomic E-state index is 12.2. The van der Waals surface area contributed by atoms with E-state index >= 15 is 0 Å². The van der Waals surface area contributed by atoms with Gasteiger partial charge in [-0.25, -0.2) is 0 Å². The molecule has 0 saturated heterocycles. The number of para-hydroxylation sites is 1. The van der Waals surface area contributed by atoms with E-state index in [0.29, 0.717) is 22.8 Å². The number of nitrogens with zero attached hydrogens (tertiary/aromatic N) is 2. The van der Waals surface area contributed by atoms with Gasteiger partial charge in [0.1, 0.15) is 11.8 Å². The van der Waals surface area contributed by atoms with Gasteiger partial charge in [-0.3, -0.25) is 14.4 Å². The summed E-state index contributed by atoms with van der Waals surface area (Å²) in [6.45, 7) is 4.76. The number of nitriles is 1. The molecule has 2 aromatic rings. The SMILES string of the molecule is Cc1cc(NC(=O)[C@@H](C)SCC(=O)O[C@H](C)C(=O)Nc2ccccc2C#N)no1. The number of aromatic nitrogens is 1. The average Bonchev–Trinajstić information content (AvgIpc) is 3.10. The Bertz CT molecular complexity index is 937. The summed E-state index contributed by atoms with van der Waals surface area (Å²) in [5.74, 6) is -0.783. The minimum atomic E-state index is -1.06. The minimum absolute atomic E-state index is 0.112. The summed E-state index contributed by atoms with van der Waals surface area (Å²) in [5.41, 5.74) is 0.641. The van der Waals surface area contributed by atoms with Crippen LogP contribution in [0, 0.1) is 18.3 Å². The van der Waals surface area contributed by atoms with Gasteiger partial charge in [-0.15, -0.1) is 11.8 Å². The fourth-order valence-corrected chi connectivity index (χ4v) is 2.80. The van der Waals surface area contributed by atoms with E-state index in [4.69, 9.17) is 14.5 Å². The number of hydrogen-bond donors (Lipinski definition) is 2. The van der Waals surface area contributed by atoms with Crippen LogP contribution in [0.25, 0.3) is 0 Å². The highest BCUT2D eigenvalue weighted by Crippen LogP contribution is 2.16. The fraction of sp³-hybridized carbons (Fsp3) is 0.316. The van der Waals surface area contributed by atoms with Crippen molar-refractivity contribution in [3.05, 3.63) is 41.7 Å². The number of thioether (sulfide) groups is 1. The Labute approximate surface area is 171 Å². The van der Waals surface area contributed by atoms with Crippen molar-refractivity contribution in [2.24, 2.45) is 0 Å². The Kier molecular flexibility index (Phi) is 7.79. The first-order valence-electron chi connectivity index (χ1n) is 8.65. The molecule has 1 aromatic heterocycles. The predicted molar refractivity (Wildman–Crippen MR) is 107 cm³/mol. The first-order chi connectivity index (χ1) is 13.8. The van der Waals surface area contributed by atoms with E-state index in [2.05, 4.69) is 15.8 Å². The summed E-state index contributed by atoms with van der Waals surface area (Å²) in [7, 11) is 0. The smallest absolute Gasteiger partial charge is 0.316 e. The maximum Gasteiger partial charge on any atom is 0.316 e. The molecular formula is C19H20N4O5S. The van der Waals surface area contributed by atoms with Crippen molar-refractivity contribution in [3.8, 4) is 6.07 Å². The molecule has 0 bridgehead atoms. The number of aryl methyl sites for hydroxylation is 1. The third kappa shape index (κ3) is 6.65. The molecule has 0 aliphatic carbocycles. The topological polar surface area (TPSA) is 134 Å². The Hall–Kier alpha value is -3.32. The second-order valence-corrected chi connectivity index (χ2v) is 7.37. The molecule has 10 heteroatoms. The van der Waals surface area contributed by atoms with Gasteiger partial charge >= 0.3 is 5.97 Å². The van der Waals surface area contributed by atoms with E-state index in [1.165, 1.54) is 6.92 Å². The predicted octanol–water partition coefficient (Wildman–Crippen LogP) is 2.49. The van der Waals surface area contributed by atoms with E-state index in [-0.39, 0.29) is 11.7 Å². The average molecular weight is 416 g/mol. The number of nitrogens with one attached hydrogen (secondary N) is 2. The number of esters is 1. The van der Waals surface area contributed by atoms with Gasteiger partial charge in [0.25, 0.3) is 5.91 Å². The Balaban J connectivity index is 1.78. The molecule has 0 saturated carbocycles. The van der Waals surface area contributed by atoms with Crippen LogP contribution < -0.4 is 10.6 Å². The Morgan fingerprint density at radius 2 is 1.97 bits per heavy atom. The number of benzene rings is 1. The van der Waals surface area contributed by atoms with Gasteiger partial charge in [0.15, 0.2) is 11.9 Å². The molecule has 2 atom stereocenters. The van der Waals surface area contributed by atoms with Crippen LogP contribution in [0.3, 0.4) is 0 Å². The third-order valence-corrected chi connectivity index (χ3v) is 4.80. The highest BCUT2D eigenvalue weighted by molar-refractivity contribution is 8.01. The Morgan fingerprint density at radius 1 is 1.24 bits per heavy atom. The van der Waals surface area contributed by atoms with E-state index in [1.54, 1.807) is 44.2 Å². The molecule has 0 spiro atoms. The molecular weight excluding hydrogens is 396 g/mol. The zero-order chi connectivity index (χ0) is 21.4. The molecule has 1 heterocycles. The summed E-state index contributed by atoms with van der Waals surface area (Å²) in [4.78, 5) is 36.2. The van der Waals surface area contributed by atoms with Crippen molar-refractivity contribution in [2.75, 3.05) is 16.4 Å². The molecule has 2 amide bonds. The first kappa shape index (κ1) is 22.0. The zero-order valence-corrected chi connectivity index (χ0v) is 16.9. The summed E-state index contributed by atoms with van der Waals surface area (Å²) in [6.07, 6.45) is -1.06. The number of carbonyl (C=O) groups is 3. The minimum Gasteiger partial charge on any atom is -0.452 e. The maximum atomic E-state index is 12.2. The van der Waals surface area contributed by atoms with Gasteiger partial charge in [0.2, 0.25) is 5.91 Å². The second-order valence-electron chi connectivity index (χ2n) is 6.04. The Morgan fingerprint density at radius 3 is 2.62 bits per heavy atom. The number of rotatable bonds is 8. The molecule has 0 radical (unpaired) electrons. The van der Waals surface area contributed by atoms with Crippen LogP contribution in [-0.2, 0) is 19.1 Å². The number of hydrogen-bond acceptors (Lipinski definition) is 8. The molecule has 0 fully saturated rings. The largest absolute Gasteiger partial charge is 0.452 e. The third-order valence-electron chi connectivity index (χ3n) is 3.68. The van der Waals surface area contributed by atoms with E-state index in [9.17, 15) is 14.4 Å². The van der Waals surface area contributed by atoms with E-state index in [1.807, 2.05) is 6.07 Å². The molecule has 1 aromatic carbocycles. The van der Waals surface area contributed by atoms with Crippen LogP contribution in [0.5, 0.6) is 0 Å². The van der Waals surface area contributed by atoms with Gasteiger partial charge in [-0.2, -0.15) is 5.26 Å². The summed E-state index contributed by atoms with van der Waals surface area (Å²) >= 11 is 1.06. The molecule has 2 rings (SSSR count). The number of ether oxygens (including phenoxy) is 1. The lowest BCUT2D eigenvalue weighted by Crippen LogP contribution is -2.31. The lowest BCUT2D eigenvalue weighted by molar-refractivity contribution is -0.150. The van der Waals surface area contributed by atoms with Crippen LogP contribution in [0.4, 0.5) is 11.5 Å². The van der Waals surface area contributed by atoms with Crippen LogP contribution >= 0.6 is 11.8 Å². The number of amides is 2. The lowest BCUT2D eigenvalue weighted by atomic mass is 10.2. The van der Waals surface area contributed by atoms with E-state index < -0.39 is 23.2 Å². The van der Waals surface area contributed by atoms with E-state index in [0.717, 1.165) is 11.8 Å². The quantitative estimate of drug-likeness (QED) is 0.627. The van der Waals surface area contributed by atoms with Crippen molar-refractivity contribution in [1.82, 2.24) is 5.16 Å². The second kappa shape index (κ2) is 10.3. The van der Waals surface area contributed by atoms with Crippen LogP contribution in [0.15, 0.2) is 34.9 Å². The molecule has 0 aliphatic rings. The number of anilines is 2. The van der Waals surface area contributed by atoms with Crippen molar-refractivity contribution >= 4 is 41.1 Å². The molecule has 9 nitrogen and oxygen atoms in total. The summed E-state index contributed by atoms with van der Waals surface area (Å²) in [5, 5.41) is 17.3. The molecule has 0 aliphatic heterocycles. The standard InChI is InChI=1S/C19H20N4O5S/c1-11-8-16(23-28-11)22-19(26)13(3)29-10-17(24)27-12(2)18(25)21-15-7-5-4-6-14(15)9-20/h4-8,12-13H,10H2,1-3H3,(H,21,25)(H,22,23,26)/t12-,13-/m1/s1. The van der Waals surface area contributed by atoms with Gasteiger partial charge in [0.05, 0.1) is 22.3 Å². The molecule has 0 unspecified atom stereocenters. The number of carbonyl (C=O) groups excluding carboxylic acids is 3. The van der Waals surface area contributed by atoms with Crippen molar-refractivity contribution in [2.45, 2.75) is 32.1 Å². The lowest BCUT2D eigenvalue weighted by Gasteiger charge is -2.15. The fourth-order valence-electron chi connectivity index (χ4n) is 2.13. The van der Waals surface area contributed by atoms with Gasteiger partial charge in [-0.05, 0) is 32.9 Å². The van der Waals surface area contributed by atoms with Crippen molar-refractivity contribution in [3.63, 3.8) is 0 Å². The summed E-state index contributed by atoms with van der Waals surface area (Å²) in [6, 6.07) is 10.0. The highest BCUT2D eigenvalue weighted by atomic mass is 32.2.